The van der Waals surface area contributed by atoms with Gasteiger partial charge in [0.15, 0.2) is 0 Å². The highest BCUT2D eigenvalue weighted by atomic mass is 32.2. The van der Waals surface area contributed by atoms with Crippen LogP contribution < -0.4 is 16.0 Å². The first-order valence-electron chi connectivity index (χ1n) is 10.9. The number of carbonyl (C=O) groups excluding carboxylic acids is 3. The van der Waals surface area contributed by atoms with Crippen LogP contribution in [0.2, 0.25) is 0 Å². The summed E-state index contributed by atoms with van der Waals surface area (Å²) >= 11 is 1.23. The third-order valence-electron chi connectivity index (χ3n) is 5.45. The van der Waals surface area contributed by atoms with E-state index in [0.29, 0.717) is 11.1 Å². The van der Waals surface area contributed by atoms with E-state index in [9.17, 15) is 27.6 Å². The zero-order valence-electron chi connectivity index (χ0n) is 19.2. The van der Waals surface area contributed by atoms with E-state index in [1.807, 2.05) is 0 Å². The molecule has 192 valence electrons. The molecule has 2 atom stereocenters. The Hall–Kier alpha value is -3.41. The van der Waals surface area contributed by atoms with Gasteiger partial charge < -0.3 is 11.1 Å². The zero-order valence-corrected chi connectivity index (χ0v) is 20.0. The predicted octanol–water partition coefficient (Wildman–Crippen LogP) is 3.61. The summed E-state index contributed by atoms with van der Waals surface area (Å²) in [4.78, 5) is 43.4. The second kappa shape index (κ2) is 11.5. The molecule has 3 N–H and O–H groups in total. The topological polar surface area (TPSA) is 105 Å². The molecule has 0 aliphatic carbocycles. The average Bonchev–Trinajstić information content (AvgIpc) is 2.93. The molecule has 0 fully saturated rings. The van der Waals surface area contributed by atoms with Crippen molar-refractivity contribution in [3.05, 3.63) is 65.5 Å². The molecular weight excluding hydrogens is 500 g/mol. The number of alkyl halides is 3. The lowest BCUT2D eigenvalue weighted by Gasteiger charge is -2.26. The van der Waals surface area contributed by atoms with Gasteiger partial charge in [0.25, 0.3) is 5.91 Å². The molecule has 2 aromatic carbocycles. The molecule has 7 nitrogen and oxygen atoms in total. The predicted molar refractivity (Wildman–Crippen MR) is 129 cm³/mol. The summed E-state index contributed by atoms with van der Waals surface area (Å²) in [6.45, 7) is 0. The molecule has 1 aliphatic heterocycles. The van der Waals surface area contributed by atoms with Crippen LogP contribution in [0.5, 0.6) is 0 Å². The average molecular weight is 525 g/mol. The minimum absolute atomic E-state index is 0.0233. The second-order valence-electron chi connectivity index (χ2n) is 8.10. The van der Waals surface area contributed by atoms with Gasteiger partial charge in [0.2, 0.25) is 18.0 Å². The Morgan fingerprint density at radius 2 is 1.86 bits per heavy atom. The molecule has 0 spiro atoms. The monoisotopic (exact) mass is 524 g/mol. The fraction of sp³-hybridized carbons (Fsp3) is 0.333. The number of nitrogens with two attached hydrogens (primary N) is 1. The van der Waals surface area contributed by atoms with Crippen LogP contribution in [0, 0.1) is 11.7 Å². The second-order valence-corrected chi connectivity index (χ2v) is 8.93. The highest BCUT2D eigenvalue weighted by Crippen LogP contribution is 2.32. The van der Waals surface area contributed by atoms with Gasteiger partial charge in [-0.15, -0.1) is 11.8 Å². The van der Waals surface area contributed by atoms with E-state index in [1.54, 1.807) is 42.7 Å². The molecule has 0 bridgehead atoms. The number of nitrogens with one attached hydrogen (secondary N) is 1. The van der Waals surface area contributed by atoms with Crippen LogP contribution >= 0.6 is 11.8 Å². The van der Waals surface area contributed by atoms with Crippen molar-refractivity contribution in [1.82, 2.24) is 5.32 Å². The molecule has 0 saturated heterocycles. The number of benzodiazepines with no additional fused rings is 1. The zero-order chi connectivity index (χ0) is 26.5. The summed E-state index contributed by atoms with van der Waals surface area (Å²) in [5, 5.41) is 2.37. The molecule has 2 aromatic rings. The van der Waals surface area contributed by atoms with Crippen molar-refractivity contribution in [2.45, 2.75) is 31.6 Å². The first-order valence-corrected chi connectivity index (χ1v) is 12.3. The van der Waals surface area contributed by atoms with Crippen LogP contribution in [-0.2, 0) is 14.4 Å². The molecule has 1 unspecified atom stereocenters. The van der Waals surface area contributed by atoms with Crippen molar-refractivity contribution in [1.29, 1.82) is 0 Å². The molecule has 1 heterocycles. The first kappa shape index (κ1) is 27.2. The molecule has 3 rings (SSSR count). The molecule has 12 heteroatoms. The number of carbonyl (C=O) groups is 3. The van der Waals surface area contributed by atoms with E-state index in [-0.39, 0.29) is 17.3 Å². The molecule has 3 amide bonds. The summed E-state index contributed by atoms with van der Waals surface area (Å²) in [6.07, 6.45) is -7.08. The van der Waals surface area contributed by atoms with Crippen molar-refractivity contribution in [2.24, 2.45) is 16.6 Å². The van der Waals surface area contributed by atoms with Crippen molar-refractivity contribution >= 4 is 40.9 Å². The number of fused-ring (bicyclic) bond motifs is 1. The number of rotatable bonds is 9. The Balaban J connectivity index is 2.05. The lowest BCUT2D eigenvalue weighted by Crippen LogP contribution is -2.49. The van der Waals surface area contributed by atoms with Gasteiger partial charge in [0, 0.05) is 29.9 Å². The van der Waals surface area contributed by atoms with Gasteiger partial charge in [-0.05, 0) is 18.7 Å². The van der Waals surface area contributed by atoms with Crippen LogP contribution in [0.3, 0.4) is 0 Å². The Bertz CT molecular complexity index is 1160. The van der Waals surface area contributed by atoms with E-state index in [2.05, 4.69) is 10.3 Å². The minimum atomic E-state index is -4.55. The number of anilines is 1. The molecule has 0 aromatic heterocycles. The number of benzene rings is 2. The Labute approximate surface area is 209 Å². The maximum Gasteiger partial charge on any atom is 0.389 e. The fourth-order valence-corrected chi connectivity index (χ4v) is 4.34. The number of aliphatic imine (C=N–C) groups is 1. The van der Waals surface area contributed by atoms with Gasteiger partial charge in [-0.3, -0.25) is 19.3 Å². The molecule has 0 radical (unpaired) electrons. The third-order valence-corrected chi connectivity index (χ3v) is 5.97. The highest BCUT2D eigenvalue weighted by Gasteiger charge is 2.37. The van der Waals surface area contributed by atoms with Gasteiger partial charge in [0.05, 0.1) is 17.3 Å². The smallest absolute Gasteiger partial charge is 0.370 e. The summed E-state index contributed by atoms with van der Waals surface area (Å²) in [7, 11) is 0. The fourth-order valence-electron chi connectivity index (χ4n) is 3.83. The normalized spacial score (nSPS) is 16.6. The van der Waals surface area contributed by atoms with Crippen molar-refractivity contribution in [3.63, 3.8) is 0 Å². The quantitative estimate of drug-likeness (QED) is 0.489. The van der Waals surface area contributed by atoms with Gasteiger partial charge >= 0.3 is 6.18 Å². The summed E-state index contributed by atoms with van der Waals surface area (Å²) in [6, 6.07) is 12.8. The van der Waals surface area contributed by atoms with E-state index in [4.69, 9.17) is 5.73 Å². The van der Waals surface area contributed by atoms with E-state index in [0.717, 1.165) is 4.90 Å². The van der Waals surface area contributed by atoms with Crippen LogP contribution in [-0.4, -0.2) is 47.9 Å². The van der Waals surface area contributed by atoms with Crippen LogP contribution in [0.4, 0.5) is 23.2 Å². The minimum Gasteiger partial charge on any atom is -0.370 e. The van der Waals surface area contributed by atoms with E-state index in [1.165, 1.54) is 23.9 Å². The Kier molecular flexibility index (Phi) is 8.72. The van der Waals surface area contributed by atoms with Crippen LogP contribution in [0.1, 0.15) is 30.4 Å². The third kappa shape index (κ3) is 6.62. The van der Waals surface area contributed by atoms with Crippen molar-refractivity contribution in [2.75, 3.05) is 17.0 Å². The number of nitrogens with zero attached hydrogens (tertiary/aromatic N) is 2. The Morgan fingerprint density at radius 1 is 1.17 bits per heavy atom. The van der Waals surface area contributed by atoms with Crippen molar-refractivity contribution in [3.8, 4) is 0 Å². The summed E-state index contributed by atoms with van der Waals surface area (Å²) < 4.78 is 53.4. The lowest BCUT2D eigenvalue weighted by atomic mass is 9.97. The summed E-state index contributed by atoms with van der Waals surface area (Å²) in [5.41, 5.74) is 6.18. The summed E-state index contributed by atoms with van der Waals surface area (Å²) in [5.74, 6) is -4.80. The number of para-hydroxylation sites is 1. The first-order chi connectivity index (χ1) is 17.0. The van der Waals surface area contributed by atoms with Crippen molar-refractivity contribution < 1.29 is 31.9 Å². The maximum absolute atomic E-state index is 15.1. The number of thioether (sulfide) groups is 1. The number of hydrogen-bond donors (Lipinski definition) is 2. The van der Waals surface area contributed by atoms with Gasteiger partial charge in [0.1, 0.15) is 5.82 Å². The highest BCUT2D eigenvalue weighted by molar-refractivity contribution is 7.98. The number of amides is 3. The SMILES string of the molecule is CSCN1C(=O)C(NC(=O)[C@H](CCC(F)(F)F)CC(N)=O)N=C(c2ccccc2)c2cccc(F)c21. The van der Waals surface area contributed by atoms with Crippen LogP contribution in [0.25, 0.3) is 0 Å². The molecule has 36 heavy (non-hydrogen) atoms. The molecule has 1 aliphatic rings. The van der Waals surface area contributed by atoms with Crippen LogP contribution in [0.15, 0.2) is 53.5 Å². The maximum atomic E-state index is 15.1. The standard InChI is InChI=1S/C24H24F4N4O3S/c1-36-13-32-20-16(8-5-9-17(20)25)19(14-6-3-2-4-7-14)30-21(23(32)35)31-22(34)15(12-18(29)33)10-11-24(26,27)28/h2-9,15,21H,10-13H2,1H3,(H2,29,33)(H,31,34)/t15-,21?/m1/s1. The largest absolute Gasteiger partial charge is 0.389 e. The molecular formula is C24H24F4N4O3S. The lowest BCUT2D eigenvalue weighted by molar-refractivity contribution is -0.143. The number of hydrogen-bond acceptors (Lipinski definition) is 5. The number of primary amides is 1. The van der Waals surface area contributed by atoms with E-state index >= 15 is 4.39 Å². The molecule has 0 saturated carbocycles. The Morgan fingerprint density at radius 3 is 2.47 bits per heavy atom. The van der Waals surface area contributed by atoms with E-state index < -0.39 is 61.1 Å². The van der Waals surface area contributed by atoms with Gasteiger partial charge in [-0.1, -0.05) is 42.5 Å². The van der Waals surface area contributed by atoms with Gasteiger partial charge in [-0.2, -0.15) is 13.2 Å². The van der Waals surface area contributed by atoms with Gasteiger partial charge in [-0.25, -0.2) is 9.38 Å². The number of halogens is 4.